The van der Waals surface area contributed by atoms with Gasteiger partial charge in [-0.2, -0.15) is 0 Å². The van der Waals surface area contributed by atoms with Crippen molar-refractivity contribution >= 4 is 8.07 Å². The third kappa shape index (κ3) is 7.80. The van der Waals surface area contributed by atoms with E-state index in [4.69, 9.17) is 0 Å². The molecule has 0 spiro atoms. The Morgan fingerprint density at radius 1 is 1.07 bits per heavy atom. The Balaban J connectivity index is 4.04. The summed E-state index contributed by atoms with van der Waals surface area (Å²) in [6.07, 6.45) is 6.57. The monoisotopic (exact) mass is 227 g/mol. The molecule has 0 aromatic rings. The van der Waals surface area contributed by atoms with Crippen LogP contribution in [0.2, 0.25) is 13.1 Å². The van der Waals surface area contributed by atoms with Crippen LogP contribution in [0.4, 0.5) is 0 Å². The zero-order chi connectivity index (χ0) is 11.7. The summed E-state index contributed by atoms with van der Waals surface area (Å²) in [5.74, 6) is 0. The standard InChI is InChI=1S/C13H29NSi/c1-6-9-11-14(12-10-7-2)13-15(4,5)8-3/h8H,3,6-7,9-13H2,1-2,4-5H3. The molecule has 0 unspecified atom stereocenters. The zero-order valence-electron chi connectivity index (χ0n) is 11.2. The molecule has 0 atom stereocenters. The molecule has 0 amide bonds. The van der Waals surface area contributed by atoms with Crippen molar-refractivity contribution < 1.29 is 0 Å². The number of rotatable bonds is 9. The van der Waals surface area contributed by atoms with Crippen molar-refractivity contribution in [2.24, 2.45) is 0 Å². The fraction of sp³-hybridized carbons (Fsp3) is 0.846. The highest BCUT2D eigenvalue weighted by Crippen LogP contribution is 2.08. The van der Waals surface area contributed by atoms with Crippen LogP contribution in [0.25, 0.3) is 0 Å². The minimum absolute atomic E-state index is 1.15. The molecule has 15 heavy (non-hydrogen) atoms. The van der Waals surface area contributed by atoms with E-state index in [1.165, 1.54) is 44.9 Å². The average Bonchev–Trinajstić information content (AvgIpc) is 2.22. The maximum atomic E-state index is 3.98. The first kappa shape index (κ1) is 14.9. The van der Waals surface area contributed by atoms with E-state index in [0.717, 1.165) is 0 Å². The SMILES string of the molecule is C=C[Si](C)(C)CN(CCCC)CCCC. The second-order valence-corrected chi connectivity index (χ2v) is 9.88. The smallest absolute Gasteiger partial charge is 0.0854 e. The van der Waals surface area contributed by atoms with E-state index in [9.17, 15) is 0 Å². The lowest BCUT2D eigenvalue weighted by Gasteiger charge is -2.29. The molecule has 2 heteroatoms. The summed E-state index contributed by atoms with van der Waals surface area (Å²) >= 11 is 0. The molecule has 0 rings (SSSR count). The second-order valence-electron chi connectivity index (χ2n) is 5.18. The van der Waals surface area contributed by atoms with Crippen molar-refractivity contribution in [3.8, 4) is 0 Å². The van der Waals surface area contributed by atoms with E-state index < -0.39 is 8.07 Å². The minimum atomic E-state index is -1.15. The molecule has 0 aromatic carbocycles. The minimum Gasteiger partial charge on any atom is -0.306 e. The Hall–Kier alpha value is -0.0831. The van der Waals surface area contributed by atoms with Crippen molar-refractivity contribution in [3.05, 3.63) is 12.3 Å². The molecule has 0 radical (unpaired) electrons. The molecule has 90 valence electrons. The van der Waals surface area contributed by atoms with Gasteiger partial charge in [0.05, 0.1) is 8.07 Å². The summed E-state index contributed by atoms with van der Waals surface area (Å²) in [6.45, 7) is 15.9. The second kappa shape index (κ2) is 8.11. The van der Waals surface area contributed by atoms with Crippen LogP contribution < -0.4 is 0 Å². The number of unbranched alkanes of at least 4 members (excludes halogenated alkanes) is 2. The van der Waals surface area contributed by atoms with Gasteiger partial charge in [0, 0.05) is 0 Å². The molecular weight excluding hydrogens is 198 g/mol. The van der Waals surface area contributed by atoms with Crippen LogP contribution in [-0.4, -0.2) is 32.2 Å². The molecule has 0 N–H and O–H groups in total. The van der Waals surface area contributed by atoms with Gasteiger partial charge in [-0.25, -0.2) is 0 Å². The van der Waals surface area contributed by atoms with E-state index in [-0.39, 0.29) is 0 Å². The van der Waals surface area contributed by atoms with Gasteiger partial charge >= 0.3 is 0 Å². The normalized spacial score (nSPS) is 12.1. The van der Waals surface area contributed by atoms with Crippen molar-refractivity contribution in [2.75, 3.05) is 19.3 Å². The number of hydrogen-bond donors (Lipinski definition) is 0. The van der Waals surface area contributed by atoms with Gasteiger partial charge in [0.2, 0.25) is 0 Å². The molecule has 1 nitrogen and oxygen atoms in total. The van der Waals surface area contributed by atoms with Gasteiger partial charge in [-0.15, -0.1) is 12.3 Å². The Labute approximate surface area is 97.6 Å². The highest BCUT2D eigenvalue weighted by atomic mass is 28.3. The fourth-order valence-corrected chi connectivity index (χ4v) is 3.27. The summed E-state index contributed by atoms with van der Waals surface area (Å²) in [4.78, 5) is 2.65. The molecule has 0 saturated heterocycles. The summed E-state index contributed by atoms with van der Waals surface area (Å²) in [5, 5.41) is 0. The lowest BCUT2D eigenvalue weighted by atomic mass is 10.3. The van der Waals surface area contributed by atoms with E-state index in [1.54, 1.807) is 0 Å². The Bertz CT molecular complexity index is 158. The van der Waals surface area contributed by atoms with Crippen LogP contribution in [0.15, 0.2) is 12.3 Å². The predicted molar refractivity (Wildman–Crippen MR) is 73.9 cm³/mol. The third-order valence-corrected chi connectivity index (χ3v) is 5.21. The van der Waals surface area contributed by atoms with E-state index in [0.29, 0.717) is 0 Å². The first-order valence-corrected chi connectivity index (χ1v) is 9.70. The predicted octanol–water partition coefficient (Wildman–Crippen LogP) is 3.86. The summed E-state index contributed by atoms with van der Waals surface area (Å²) < 4.78 is 0. The average molecular weight is 227 g/mol. The van der Waals surface area contributed by atoms with Crippen LogP contribution in [-0.2, 0) is 0 Å². The van der Waals surface area contributed by atoms with Crippen molar-refractivity contribution in [1.29, 1.82) is 0 Å². The zero-order valence-corrected chi connectivity index (χ0v) is 12.2. The lowest BCUT2D eigenvalue weighted by Crippen LogP contribution is -2.42. The fourth-order valence-electron chi connectivity index (χ4n) is 1.67. The Morgan fingerprint density at radius 3 is 1.87 bits per heavy atom. The van der Waals surface area contributed by atoms with E-state index in [2.05, 4.69) is 44.1 Å². The van der Waals surface area contributed by atoms with Crippen LogP contribution in [0.5, 0.6) is 0 Å². The van der Waals surface area contributed by atoms with E-state index in [1.807, 2.05) is 0 Å². The Morgan fingerprint density at radius 2 is 1.53 bits per heavy atom. The van der Waals surface area contributed by atoms with Crippen LogP contribution in [0, 0.1) is 0 Å². The van der Waals surface area contributed by atoms with Gasteiger partial charge in [0.15, 0.2) is 0 Å². The van der Waals surface area contributed by atoms with Crippen molar-refractivity contribution in [2.45, 2.75) is 52.6 Å². The third-order valence-electron chi connectivity index (χ3n) is 2.84. The van der Waals surface area contributed by atoms with Crippen molar-refractivity contribution in [3.63, 3.8) is 0 Å². The highest BCUT2D eigenvalue weighted by Gasteiger charge is 2.19. The molecule has 0 saturated carbocycles. The number of nitrogens with zero attached hydrogens (tertiary/aromatic N) is 1. The summed E-state index contributed by atoms with van der Waals surface area (Å²) in [6, 6.07) is 0. The Kier molecular flexibility index (Phi) is 8.07. The van der Waals surface area contributed by atoms with Gasteiger partial charge in [0.25, 0.3) is 0 Å². The summed E-state index contributed by atoms with van der Waals surface area (Å²) in [5.41, 5.74) is 2.22. The summed E-state index contributed by atoms with van der Waals surface area (Å²) in [7, 11) is -1.15. The number of hydrogen-bond acceptors (Lipinski definition) is 1. The van der Waals surface area contributed by atoms with Gasteiger partial charge in [-0.3, -0.25) is 0 Å². The van der Waals surface area contributed by atoms with E-state index >= 15 is 0 Å². The van der Waals surface area contributed by atoms with Crippen molar-refractivity contribution in [1.82, 2.24) is 4.90 Å². The molecule has 0 aliphatic rings. The topological polar surface area (TPSA) is 3.24 Å². The van der Waals surface area contributed by atoms with Gasteiger partial charge < -0.3 is 4.90 Å². The van der Waals surface area contributed by atoms with Crippen LogP contribution in [0.3, 0.4) is 0 Å². The molecule has 0 bridgehead atoms. The molecule has 0 heterocycles. The molecular formula is C13H29NSi. The first-order valence-electron chi connectivity index (χ1n) is 6.41. The first-order chi connectivity index (χ1) is 7.05. The molecule has 0 aliphatic heterocycles. The van der Waals surface area contributed by atoms with Crippen LogP contribution in [0.1, 0.15) is 39.5 Å². The highest BCUT2D eigenvalue weighted by molar-refractivity contribution is 6.82. The molecule has 0 aromatic heterocycles. The van der Waals surface area contributed by atoms with Gasteiger partial charge in [-0.1, -0.05) is 39.8 Å². The maximum Gasteiger partial charge on any atom is 0.0854 e. The molecule has 0 fully saturated rings. The molecule has 0 aliphatic carbocycles. The van der Waals surface area contributed by atoms with Gasteiger partial charge in [-0.05, 0) is 32.1 Å². The lowest BCUT2D eigenvalue weighted by molar-refractivity contribution is 0.302. The van der Waals surface area contributed by atoms with Crippen LogP contribution >= 0.6 is 0 Å². The largest absolute Gasteiger partial charge is 0.306 e. The quantitative estimate of drug-likeness (QED) is 0.541. The van der Waals surface area contributed by atoms with Gasteiger partial charge in [0.1, 0.15) is 0 Å². The maximum absolute atomic E-state index is 3.98.